The predicted octanol–water partition coefficient (Wildman–Crippen LogP) is 2.81. The molecule has 1 aromatic carbocycles. The van der Waals surface area contributed by atoms with Gasteiger partial charge in [0, 0.05) is 24.4 Å². The molecule has 9 heteroatoms. The Morgan fingerprint density at radius 2 is 1.97 bits per heavy atom. The smallest absolute Gasteiger partial charge is 0.303 e. The maximum atomic E-state index is 11.9. The van der Waals surface area contributed by atoms with Crippen molar-refractivity contribution in [1.82, 2.24) is 9.99 Å². The number of hydrogen-bond acceptors (Lipinski definition) is 8. The van der Waals surface area contributed by atoms with Crippen LogP contribution in [-0.4, -0.2) is 39.0 Å². The maximum Gasteiger partial charge on any atom is 0.303 e. The summed E-state index contributed by atoms with van der Waals surface area (Å²) in [7, 11) is 0. The fraction of sp³-hybridized carbons (Fsp3) is 0.333. The van der Waals surface area contributed by atoms with E-state index < -0.39 is 28.5 Å². The molecule has 1 aliphatic rings. The van der Waals surface area contributed by atoms with Crippen LogP contribution < -0.4 is 10.6 Å². The fourth-order valence-electron chi connectivity index (χ4n) is 2.94. The topological polar surface area (TPSA) is 112 Å². The van der Waals surface area contributed by atoms with Crippen molar-refractivity contribution in [2.24, 2.45) is 5.84 Å². The van der Waals surface area contributed by atoms with E-state index in [9.17, 15) is 14.4 Å². The highest BCUT2D eigenvalue weighted by Crippen LogP contribution is 2.28. The number of rotatable bonds is 8. The van der Waals surface area contributed by atoms with Crippen LogP contribution in [0.3, 0.4) is 0 Å². The van der Waals surface area contributed by atoms with Gasteiger partial charge in [-0.25, -0.2) is 10.9 Å². The molecule has 2 aromatic rings. The standard InChI is InChI=1S/C21H23N3O5S/c1-3-16-7-6-15(11-23-16)18(29-13(2)25)12-28-17-8-4-14(5-9-17)10-19-20(26)24(22)21(27)30-19/h4-9,11,18-19H,3,10,12,22H2,1-2H3/t18-,19?/m1/s1. The number of nitrogens with zero attached hydrogens (tertiary/aromatic N) is 2. The molecule has 2 atom stereocenters. The van der Waals surface area contributed by atoms with Gasteiger partial charge in [-0.15, -0.1) is 0 Å². The normalized spacial score (nSPS) is 17.2. The molecule has 158 valence electrons. The number of aryl methyl sites for hydroxylation is 1. The summed E-state index contributed by atoms with van der Waals surface area (Å²) < 4.78 is 11.2. The van der Waals surface area contributed by atoms with Crippen LogP contribution in [0.2, 0.25) is 0 Å². The molecule has 1 unspecified atom stereocenters. The zero-order valence-corrected chi connectivity index (χ0v) is 17.6. The summed E-state index contributed by atoms with van der Waals surface area (Å²) in [5, 5.41) is -0.298. The van der Waals surface area contributed by atoms with E-state index in [1.54, 1.807) is 18.3 Å². The van der Waals surface area contributed by atoms with Crippen LogP contribution in [0.15, 0.2) is 42.6 Å². The lowest BCUT2D eigenvalue weighted by Crippen LogP contribution is -2.37. The molecule has 1 saturated heterocycles. The number of carbonyl (C=O) groups is 3. The van der Waals surface area contributed by atoms with E-state index in [0.717, 1.165) is 35.0 Å². The zero-order valence-electron chi connectivity index (χ0n) is 16.7. The molecule has 30 heavy (non-hydrogen) atoms. The summed E-state index contributed by atoms with van der Waals surface area (Å²) in [6.07, 6.45) is 2.34. The van der Waals surface area contributed by atoms with Crippen molar-refractivity contribution in [3.8, 4) is 5.75 Å². The van der Waals surface area contributed by atoms with Crippen molar-refractivity contribution >= 4 is 28.9 Å². The third-order valence-corrected chi connectivity index (χ3v) is 5.64. The number of carbonyl (C=O) groups excluding carboxylic acids is 3. The lowest BCUT2D eigenvalue weighted by Gasteiger charge is -2.18. The van der Waals surface area contributed by atoms with Crippen LogP contribution in [0.5, 0.6) is 5.75 Å². The van der Waals surface area contributed by atoms with Crippen molar-refractivity contribution in [2.45, 2.75) is 38.0 Å². The summed E-state index contributed by atoms with van der Waals surface area (Å²) in [5.74, 6) is 5.21. The molecule has 0 spiro atoms. The molecule has 0 radical (unpaired) electrons. The SMILES string of the molecule is CCc1ccc([C@@H](COc2ccc(CC3SC(=O)N(N)C3=O)cc2)OC(C)=O)cn1. The van der Waals surface area contributed by atoms with Gasteiger partial charge >= 0.3 is 11.2 Å². The van der Waals surface area contributed by atoms with Crippen LogP contribution in [0.1, 0.15) is 36.8 Å². The van der Waals surface area contributed by atoms with Gasteiger partial charge in [-0.1, -0.05) is 25.1 Å². The van der Waals surface area contributed by atoms with Crippen molar-refractivity contribution in [1.29, 1.82) is 0 Å². The number of benzene rings is 1. The van der Waals surface area contributed by atoms with E-state index in [4.69, 9.17) is 15.3 Å². The van der Waals surface area contributed by atoms with Gasteiger partial charge in [0.05, 0.1) is 5.25 Å². The fourth-order valence-corrected chi connectivity index (χ4v) is 3.88. The maximum absolute atomic E-state index is 11.9. The molecule has 1 aromatic heterocycles. The van der Waals surface area contributed by atoms with Gasteiger partial charge in [-0.05, 0) is 48.4 Å². The van der Waals surface area contributed by atoms with Gasteiger partial charge < -0.3 is 9.47 Å². The summed E-state index contributed by atoms with van der Waals surface area (Å²) in [5.41, 5.74) is 2.59. The lowest BCUT2D eigenvalue weighted by molar-refractivity contribution is -0.148. The van der Waals surface area contributed by atoms with Crippen LogP contribution in [0.4, 0.5) is 4.79 Å². The summed E-state index contributed by atoms with van der Waals surface area (Å²) in [4.78, 5) is 39.2. The molecule has 0 aliphatic carbocycles. The van der Waals surface area contributed by atoms with Crippen molar-refractivity contribution < 1.29 is 23.9 Å². The molecule has 0 saturated carbocycles. The zero-order chi connectivity index (χ0) is 21.7. The van der Waals surface area contributed by atoms with Crippen LogP contribution in [0, 0.1) is 0 Å². The Morgan fingerprint density at radius 3 is 2.50 bits per heavy atom. The van der Waals surface area contributed by atoms with Crippen molar-refractivity contribution in [2.75, 3.05) is 6.61 Å². The van der Waals surface area contributed by atoms with Gasteiger partial charge in [0.2, 0.25) is 0 Å². The van der Waals surface area contributed by atoms with E-state index in [-0.39, 0.29) is 6.61 Å². The first-order valence-electron chi connectivity index (χ1n) is 9.50. The first-order chi connectivity index (χ1) is 14.4. The van der Waals surface area contributed by atoms with Gasteiger partial charge in [-0.2, -0.15) is 0 Å². The molecule has 2 heterocycles. The largest absolute Gasteiger partial charge is 0.489 e. The number of amides is 2. The van der Waals surface area contributed by atoms with Gasteiger partial charge in [0.25, 0.3) is 5.91 Å². The van der Waals surface area contributed by atoms with Crippen LogP contribution >= 0.6 is 11.8 Å². The summed E-state index contributed by atoms with van der Waals surface area (Å²) >= 11 is 0.928. The third kappa shape index (κ3) is 5.37. The number of hydrogen-bond donors (Lipinski definition) is 1. The highest BCUT2D eigenvalue weighted by molar-refractivity contribution is 8.15. The first kappa shape index (κ1) is 21.8. The molecule has 0 bridgehead atoms. The summed E-state index contributed by atoms with van der Waals surface area (Å²) in [6.45, 7) is 3.51. The quantitative estimate of drug-likeness (QED) is 0.387. The molecular formula is C21H23N3O5S. The second-order valence-electron chi connectivity index (χ2n) is 6.77. The van der Waals surface area contributed by atoms with Gasteiger partial charge in [0.1, 0.15) is 12.4 Å². The Morgan fingerprint density at radius 1 is 1.23 bits per heavy atom. The van der Waals surface area contributed by atoms with Gasteiger partial charge in [-0.3, -0.25) is 19.4 Å². The Labute approximate surface area is 178 Å². The Kier molecular flexibility index (Phi) is 7.07. The second kappa shape index (κ2) is 9.73. The summed E-state index contributed by atoms with van der Waals surface area (Å²) in [6, 6.07) is 11.0. The third-order valence-electron chi connectivity index (χ3n) is 4.59. The molecule has 2 N–H and O–H groups in total. The number of thioether (sulfide) groups is 1. The first-order valence-corrected chi connectivity index (χ1v) is 10.4. The molecule has 1 aliphatic heterocycles. The van der Waals surface area contributed by atoms with Crippen molar-refractivity contribution in [3.05, 3.63) is 59.4 Å². The average Bonchev–Trinajstić information content (AvgIpc) is 2.98. The van der Waals surface area contributed by atoms with E-state index in [1.165, 1.54) is 6.92 Å². The highest BCUT2D eigenvalue weighted by atomic mass is 32.2. The molecule has 8 nitrogen and oxygen atoms in total. The van der Waals surface area contributed by atoms with E-state index >= 15 is 0 Å². The molecule has 2 amide bonds. The lowest BCUT2D eigenvalue weighted by atomic mass is 10.1. The minimum absolute atomic E-state index is 0.139. The number of hydrazine groups is 1. The molecule has 3 rings (SSSR count). The highest BCUT2D eigenvalue weighted by Gasteiger charge is 2.37. The van der Waals surface area contributed by atoms with E-state index in [2.05, 4.69) is 4.98 Å². The number of ether oxygens (including phenoxy) is 2. The number of imide groups is 1. The Hall–Kier alpha value is -2.91. The van der Waals surface area contributed by atoms with Crippen molar-refractivity contribution in [3.63, 3.8) is 0 Å². The van der Waals surface area contributed by atoms with Crippen LogP contribution in [0.25, 0.3) is 0 Å². The second-order valence-corrected chi connectivity index (χ2v) is 7.93. The number of nitrogens with two attached hydrogens (primary N) is 1. The number of aromatic nitrogens is 1. The van der Waals surface area contributed by atoms with Crippen LogP contribution in [-0.2, 0) is 27.2 Å². The predicted molar refractivity (Wildman–Crippen MR) is 112 cm³/mol. The van der Waals surface area contributed by atoms with Gasteiger partial charge in [0.15, 0.2) is 6.10 Å². The minimum atomic E-state index is -0.574. The average molecular weight is 429 g/mol. The Bertz CT molecular complexity index is 917. The van der Waals surface area contributed by atoms with E-state index in [0.29, 0.717) is 17.2 Å². The number of pyridine rings is 1. The Balaban J connectivity index is 1.61. The van der Waals surface area contributed by atoms with E-state index in [1.807, 2.05) is 31.2 Å². The number of esters is 1. The minimum Gasteiger partial charge on any atom is -0.489 e. The molecular weight excluding hydrogens is 406 g/mol. The monoisotopic (exact) mass is 429 g/mol. The molecule has 1 fully saturated rings.